The topological polar surface area (TPSA) is 110 Å². The molecule has 0 aliphatic rings. The maximum absolute atomic E-state index is 12.0. The number of carbonyl (C=O) groups excluding carboxylic acids is 1. The van der Waals surface area contributed by atoms with Crippen LogP contribution in [0.25, 0.3) is 0 Å². The summed E-state index contributed by atoms with van der Waals surface area (Å²) >= 11 is 0. The Hall–Kier alpha value is -3.08. The molecule has 0 bridgehead atoms. The number of carbonyl (C=O) groups is 1. The van der Waals surface area contributed by atoms with Gasteiger partial charge in [-0.15, -0.1) is 0 Å². The highest BCUT2D eigenvalue weighted by Crippen LogP contribution is 2.19. The van der Waals surface area contributed by atoms with Crippen LogP contribution in [0.3, 0.4) is 0 Å². The molecule has 0 atom stereocenters. The zero-order valence-electron chi connectivity index (χ0n) is 15.5. The fourth-order valence-corrected chi connectivity index (χ4v) is 1.98. The van der Waals surface area contributed by atoms with E-state index in [2.05, 4.69) is 15.5 Å². The van der Waals surface area contributed by atoms with E-state index >= 15 is 0 Å². The van der Waals surface area contributed by atoms with E-state index < -0.39 is 17.2 Å². The van der Waals surface area contributed by atoms with Crippen LogP contribution < -0.4 is 10.1 Å². The monoisotopic (exact) mass is 358 g/mol. The minimum Gasteiger partial charge on any atom is -0.484 e. The minimum absolute atomic E-state index is 0.0460. The maximum atomic E-state index is 12.0. The molecule has 1 aromatic heterocycles. The summed E-state index contributed by atoms with van der Waals surface area (Å²) in [6.45, 7) is 8.87. The molecular formula is C18H22N4O4. The third kappa shape index (κ3) is 5.48. The fraction of sp³-hybridized carbons (Fsp3) is 0.444. The van der Waals surface area contributed by atoms with Gasteiger partial charge >= 0.3 is 6.09 Å². The Morgan fingerprint density at radius 3 is 2.69 bits per heavy atom. The molecule has 138 valence electrons. The Morgan fingerprint density at radius 2 is 2.04 bits per heavy atom. The molecule has 0 aliphatic heterocycles. The van der Waals surface area contributed by atoms with Crippen molar-refractivity contribution < 1.29 is 18.8 Å². The van der Waals surface area contributed by atoms with Gasteiger partial charge in [0.2, 0.25) is 0 Å². The molecule has 1 N–H and O–H groups in total. The number of nitrogens with one attached hydrogen (secondary N) is 1. The molecule has 1 aromatic carbocycles. The Balaban J connectivity index is 1.99. The highest BCUT2D eigenvalue weighted by Gasteiger charge is 2.31. The van der Waals surface area contributed by atoms with Crippen molar-refractivity contribution in [3.05, 3.63) is 41.5 Å². The fourth-order valence-electron chi connectivity index (χ4n) is 1.98. The van der Waals surface area contributed by atoms with Gasteiger partial charge in [-0.25, -0.2) is 4.79 Å². The van der Waals surface area contributed by atoms with E-state index in [-0.39, 0.29) is 12.5 Å². The largest absolute Gasteiger partial charge is 0.484 e. The number of hydrogen-bond donors (Lipinski definition) is 1. The average molecular weight is 358 g/mol. The summed E-state index contributed by atoms with van der Waals surface area (Å²) < 4.78 is 16.0. The molecular weight excluding hydrogens is 336 g/mol. The van der Waals surface area contributed by atoms with Crippen LogP contribution in [-0.2, 0) is 16.9 Å². The van der Waals surface area contributed by atoms with Crippen molar-refractivity contribution in [2.75, 3.05) is 0 Å². The molecule has 0 saturated carbocycles. The quantitative estimate of drug-likeness (QED) is 0.873. The Morgan fingerprint density at radius 1 is 1.31 bits per heavy atom. The summed E-state index contributed by atoms with van der Waals surface area (Å²) in [5, 5.41) is 15.5. The lowest BCUT2D eigenvalue weighted by Crippen LogP contribution is -2.44. The highest BCUT2D eigenvalue weighted by molar-refractivity contribution is 5.68. The van der Waals surface area contributed by atoms with Crippen LogP contribution in [0.15, 0.2) is 28.8 Å². The summed E-state index contributed by atoms with van der Waals surface area (Å²) in [4.78, 5) is 16.2. The Labute approximate surface area is 152 Å². The Bertz CT molecular complexity index is 815. The van der Waals surface area contributed by atoms with Crippen molar-refractivity contribution in [2.45, 2.75) is 52.4 Å². The molecule has 8 nitrogen and oxygen atoms in total. The third-order valence-electron chi connectivity index (χ3n) is 3.17. The summed E-state index contributed by atoms with van der Waals surface area (Å²) in [5.74, 6) is 1.07. The van der Waals surface area contributed by atoms with E-state index in [4.69, 9.17) is 19.3 Å². The number of benzene rings is 1. The lowest BCUT2D eigenvalue weighted by Gasteiger charge is -2.26. The second kappa shape index (κ2) is 7.44. The van der Waals surface area contributed by atoms with Gasteiger partial charge in [-0.3, -0.25) is 0 Å². The Kier molecular flexibility index (Phi) is 5.50. The molecule has 2 aromatic rings. The molecule has 8 heteroatoms. The van der Waals surface area contributed by atoms with Gasteiger partial charge in [-0.1, -0.05) is 11.2 Å². The normalized spacial score (nSPS) is 11.5. The second-order valence-corrected chi connectivity index (χ2v) is 7.19. The number of amides is 1. The molecule has 0 saturated heterocycles. The first-order valence-corrected chi connectivity index (χ1v) is 8.06. The third-order valence-corrected chi connectivity index (χ3v) is 3.17. The second-order valence-electron chi connectivity index (χ2n) is 7.19. The predicted molar refractivity (Wildman–Crippen MR) is 92.2 cm³/mol. The van der Waals surface area contributed by atoms with Crippen molar-refractivity contribution in [3.63, 3.8) is 0 Å². The molecule has 0 spiro atoms. The van der Waals surface area contributed by atoms with E-state index in [1.807, 2.05) is 6.07 Å². The number of alkyl carbamates (subject to hydrolysis) is 1. The van der Waals surface area contributed by atoms with Gasteiger partial charge in [0.1, 0.15) is 16.9 Å². The van der Waals surface area contributed by atoms with Crippen molar-refractivity contribution >= 4 is 6.09 Å². The van der Waals surface area contributed by atoms with Crippen molar-refractivity contribution in [3.8, 4) is 11.8 Å². The van der Waals surface area contributed by atoms with Gasteiger partial charge in [-0.2, -0.15) is 10.2 Å². The number of nitriles is 1. The lowest BCUT2D eigenvalue weighted by atomic mass is 10.1. The van der Waals surface area contributed by atoms with Crippen molar-refractivity contribution in [2.24, 2.45) is 0 Å². The van der Waals surface area contributed by atoms with E-state index in [0.29, 0.717) is 17.1 Å². The molecule has 26 heavy (non-hydrogen) atoms. The van der Waals surface area contributed by atoms with Crippen molar-refractivity contribution in [1.29, 1.82) is 5.26 Å². The number of rotatable bonds is 5. The number of nitrogens with zero attached hydrogens (tertiary/aromatic N) is 3. The molecule has 0 unspecified atom stereocenters. The van der Waals surface area contributed by atoms with Crippen LogP contribution in [0.4, 0.5) is 4.79 Å². The lowest BCUT2D eigenvalue weighted by molar-refractivity contribution is 0.0465. The van der Waals surface area contributed by atoms with E-state index in [1.165, 1.54) is 0 Å². The molecule has 0 fully saturated rings. The van der Waals surface area contributed by atoms with E-state index in [1.54, 1.807) is 58.9 Å². The van der Waals surface area contributed by atoms with Crippen LogP contribution in [0.1, 0.15) is 51.9 Å². The molecule has 0 aliphatic carbocycles. The first-order valence-electron chi connectivity index (χ1n) is 8.06. The number of aromatic nitrogens is 2. The van der Waals surface area contributed by atoms with Crippen LogP contribution in [0.5, 0.6) is 5.75 Å². The average Bonchev–Trinajstić information content (AvgIpc) is 3.00. The zero-order chi connectivity index (χ0) is 19.4. The van der Waals surface area contributed by atoms with E-state index in [9.17, 15) is 4.79 Å². The van der Waals surface area contributed by atoms with Crippen LogP contribution in [-0.4, -0.2) is 21.8 Å². The SMILES string of the molecule is CC(C)(C)OC(=O)NC(C)(C)c1noc(COc2cccc(C#N)c2)n1. The van der Waals surface area contributed by atoms with Gasteiger partial charge < -0.3 is 19.3 Å². The molecule has 2 rings (SSSR count). The zero-order valence-corrected chi connectivity index (χ0v) is 15.5. The van der Waals surface area contributed by atoms with Gasteiger partial charge in [0, 0.05) is 0 Å². The van der Waals surface area contributed by atoms with Crippen LogP contribution >= 0.6 is 0 Å². The highest BCUT2D eigenvalue weighted by atomic mass is 16.6. The van der Waals surface area contributed by atoms with Crippen LogP contribution in [0, 0.1) is 11.3 Å². The molecule has 1 amide bonds. The van der Waals surface area contributed by atoms with Crippen LogP contribution in [0.2, 0.25) is 0 Å². The summed E-state index contributed by atoms with van der Waals surface area (Å²) in [6, 6.07) is 8.79. The predicted octanol–water partition coefficient (Wildman–Crippen LogP) is 3.28. The smallest absolute Gasteiger partial charge is 0.408 e. The number of ether oxygens (including phenoxy) is 2. The summed E-state index contributed by atoms with van der Waals surface area (Å²) in [5.41, 5.74) is -0.990. The van der Waals surface area contributed by atoms with Gasteiger partial charge in [0.15, 0.2) is 12.4 Å². The standard InChI is InChI=1S/C18H22N4O4/c1-17(2,3)25-16(23)21-18(4,5)15-20-14(26-22-15)11-24-13-8-6-7-12(9-13)10-19/h6-9H,11H2,1-5H3,(H,21,23). The minimum atomic E-state index is -0.884. The molecule has 0 radical (unpaired) electrons. The van der Waals surface area contributed by atoms with E-state index in [0.717, 1.165) is 0 Å². The summed E-state index contributed by atoms with van der Waals surface area (Å²) in [6.07, 6.45) is -0.571. The van der Waals surface area contributed by atoms with Gasteiger partial charge in [-0.05, 0) is 52.8 Å². The van der Waals surface area contributed by atoms with Gasteiger partial charge in [0.25, 0.3) is 5.89 Å². The molecule has 1 heterocycles. The number of hydrogen-bond acceptors (Lipinski definition) is 7. The first kappa shape index (κ1) is 19.2. The summed E-state index contributed by atoms with van der Waals surface area (Å²) in [7, 11) is 0. The van der Waals surface area contributed by atoms with Crippen molar-refractivity contribution in [1.82, 2.24) is 15.5 Å². The maximum Gasteiger partial charge on any atom is 0.408 e. The first-order chi connectivity index (χ1) is 12.1. The van der Waals surface area contributed by atoms with Gasteiger partial charge in [0.05, 0.1) is 11.6 Å².